The molecule has 1 rings (SSSR count). The number of rotatable bonds is 16. The van der Waals surface area contributed by atoms with E-state index in [1.807, 2.05) is 40.1 Å². The molecule has 0 aliphatic carbocycles. The molecule has 1 aromatic rings. The lowest BCUT2D eigenvalue weighted by molar-refractivity contribution is -0.141. The first-order valence-electron chi connectivity index (χ1n) is 11.6. The lowest BCUT2D eigenvalue weighted by atomic mass is 10.1. The third-order valence-corrected chi connectivity index (χ3v) is 5.34. The summed E-state index contributed by atoms with van der Waals surface area (Å²) in [4.78, 5) is 38.3. The average molecular weight is 433 g/mol. The summed E-state index contributed by atoms with van der Waals surface area (Å²) in [7, 11) is 0. The number of hydrogen-bond donors (Lipinski definition) is 0. The van der Waals surface area contributed by atoms with Crippen LogP contribution in [0.1, 0.15) is 77.7 Å². The van der Waals surface area contributed by atoms with E-state index in [-0.39, 0.29) is 17.8 Å². The van der Waals surface area contributed by atoms with Crippen molar-refractivity contribution < 1.29 is 19.1 Å². The third-order valence-electron chi connectivity index (χ3n) is 5.34. The average Bonchev–Trinajstić information content (AvgIpc) is 2.73. The van der Waals surface area contributed by atoms with Crippen LogP contribution < -0.4 is 0 Å². The van der Waals surface area contributed by atoms with Crippen LogP contribution in [0.5, 0.6) is 0 Å². The van der Waals surface area contributed by atoms with E-state index in [4.69, 9.17) is 4.74 Å². The van der Waals surface area contributed by atoms with Gasteiger partial charge in [0, 0.05) is 47.0 Å². The van der Waals surface area contributed by atoms with Crippen molar-refractivity contribution in [3.8, 4) is 0 Å². The lowest BCUT2D eigenvalue weighted by Gasteiger charge is -2.22. The van der Waals surface area contributed by atoms with Crippen LogP contribution >= 0.6 is 0 Å². The van der Waals surface area contributed by atoms with Gasteiger partial charge in [0.25, 0.3) is 0 Å². The predicted molar refractivity (Wildman–Crippen MR) is 123 cm³/mol. The summed E-state index contributed by atoms with van der Waals surface area (Å²) in [6.07, 6.45) is 7.99. The lowest BCUT2D eigenvalue weighted by Crippen LogP contribution is -2.31. The molecular weight excluding hydrogens is 392 g/mol. The molecule has 0 aliphatic heterocycles. The molecule has 2 amide bonds. The number of carbonyl (C=O) groups excluding carboxylic acids is 3. The second kappa shape index (κ2) is 16.3. The van der Waals surface area contributed by atoms with Gasteiger partial charge in [-0.05, 0) is 37.7 Å². The topological polar surface area (TPSA) is 66.9 Å². The van der Waals surface area contributed by atoms with Crippen molar-refractivity contribution in [3.63, 3.8) is 0 Å². The number of hydrogen-bond acceptors (Lipinski definition) is 4. The van der Waals surface area contributed by atoms with Crippen LogP contribution in [0.3, 0.4) is 0 Å². The maximum absolute atomic E-state index is 11.9. The number of ether oxygens (including phenoxy) is 1. The van der Waals surface area contributed by atoms with Crippen molar-refractivity contribution in [1.29, 1.82) is 0 Å². The molecule has 0 spiro atoms. The van der Waals surface area contributed by atoms with Crippen molar-refractivity contribution in [2.24, 2.45) is 0 Å². The van der Waals surface area contributed by atoms with Gasteiger partial charge in [-0.3, -0.25) is 14.4 Å². The zero-order chi connectivity index (χ0) is 22.9. The van der Waals surface area contributed by atoms with Crippen molar-refractivity contribution >= 4 is 17.8 Å². The molecule has 0 saturated carbocycles. The van der Waals surface area contributed by atoms with Gasteiger partial charge < -0.3 is 14.5 Å². The molecule has 0 fully saturated rings. The Morgan fingerprint density at radius 3 is 1.65 bits per heavy atom. The first-order chi connectivity index (χ1) is 14.9. The molecule has 6 nitrogen and oxygen atoms in total. The molecule has 0 saturated heterocycles. The van der Waals surface area contributed by atoms with Gasteiger partial charge in [-0.2, -0.15) is 0 Å². The summed E-state index contributed by atoms with van der Waals surface area (Å²) < 4.78 is 4.93. The number of unbranched alkanes of at least 4 members (excludes halogenated alkanes) is 6. The highest BCUT2D eigenvalue weighted by Crippen LogP contribution is 2.09. The molecule has 0 N–H and O–H groups in total. The van der Waals surface area contributed by atoms with Crippen LogP contribution in [0.2, 0.25) is 0 Å². The summed E-state index contributed by atoms with van der Waals surface area (Å²) in [5, 5.41) is 0. The van der Waals surface area contributed by atoms with Gasteiger partial charge >= 0.3 is 5.97 Å². The molecule has 0 atom stereocenters. The summed E-state index contributed by atoms with van der Waals surface area (Å²) >= 11 is 0. The van der Waals surface area contributed by atoms with Gasteiger partial charge in [-0.25, -0.2) is 0 Å². The zero-order valence-electron chi connectivity index (χ0n) is 19.6. The van der Waals surface area contributed by atoms with Gasteiger partial charge in [0.2, 0.25) is 11.8 Å². The number of benzene rings is 1. The quantitative estimate of drug-likeness (QED) is 0.283. The molecule has 31 heavy (non-hydrogen) atoms. The highest BCUT2D eigenvalue weighted by Gasteiger charge is 2.10. The van der Waals surface area contributed by atoms with Crippen LogP contribution in [0, 0.1) is 0 Å². The minimum atomic E-state index is -0.229. The Balaban J connectivity index is 2.15. The fraction of sp³-hybridized carbons (Fsp3) is 0.640. The third kappa shape index (κ3) is 13.5. The minimum absolute atomic E-state index is 0.111. The Kier molecular flexibility index (Phi) is 14.1. The van der Waals surface area contributed by atoms with Gasteiger partial charge in [0.1, 0.15) is 0 Å². The Bertz CT molecular complexity index is 648. The Labute approximate surface area is 187 Å². The maximum atomic E-state index is 11.9. The Hall–Kier alpha value is -2.37. The molecule has 0 heterocycles. The number of carbonyl (C=O) groups is 3. The molecule has 0 bridgehead atoms. The van der Waals surface area contributed by atoms with Gasteiger partial charge in [-0.15, -0.1) is 0 Å². The minimum Gasteiger partial charge on any atom is -0.466 e. The van der Waals surface area contributed by atoms with Crippen LogP contribution in [0.15, 0.2) is 30.3 Å². The van der Waals surface area contributed by atoms with E-state index in [9.17, 15) is 14.4 Å². The van der Waals surface area contributed by atoms with E-state index >= 15 is 0 Å². The van der Waals surface area contributed by atoms with Crippen LogP contribution in [0.25, 0.3) is 0 Å². The first-order valence-corrected chi connectivity index (χ1v) is 11.6. The predicted octanol–water partition coefficient (Wildman–Crippen LogP) is 4.57. The Morgan fingerprint density at radius 1 is 0.677 bits per heavy atom. The monoisotopic (exact) mass is 432 g/mol. The fourth-order valence-electron chi connectivity index (χ4n) is 3.51. The number of nitrogens with zero attached hydrogens (tertiary/aromatic N) is 2. The molecule has 0 radical (unpaired) electrons. The second-order valence-corrected chi connectivity index (χ2v) is 8.10. The maximum Gasteiger partial charge on any atom is 0.302 e. The van der Waals surface area contributed by atoms with Gasteiger partial charge in [0.15, 0.2) is 0 Å². The van der Waals surface area contributed by atoms with Gasteiger partial charge in [-0.1, -0.05) is 49.6 Å². The molecule has 174 valence electrons. The highest BCUT2D eigenvalue weighted by atomic mass is 16.5. The summed E-state index contributed by atoms with van der Waals surface area (Å²) in [6.45, 7) is 8.19. The molecule has 1 aromatic carbocycles. The molecular formula is C25H40N2O4. The zero-order valence-corrected chi connectivity index (χ0v) is 19.6. The van der Waals surface area contributed by atoms with Crippen molar-refractivity contribution in [1.82, 2.24) is 9.80 Å². The molecule has 0 aromatic heterocycles. The number of esters is 1. The normalized spacial score (nSPS) is 10.5. The van der Waals surface area contributed by atoms with E-state index in [0.29, 0.717) is 13.2 Å². The van der Waals surface area contributed by atoms with Crippen LogP contribution in [-0.2, 0) is 25.7 Å². The SMILES string of the molecule is CC(=O)OCCCCCCN(CCCCCCN(Cc1ccccc1)C(C)=O)C(C)=O. The Morgan fingerprint density at radius 2 is 1.16 bits per heavy atom. The fourth-order valence-corrected chi connectivity index (χ4v) is 3.51. The van der Waals surface area contributed by atoms with E-state index in [2.05, 4.69) is 0 Å². The van der Waals surface area contributed by atoms with E-state index < -0.39 is 0 Å². The summed E-state index contributed by atoms with van der Waals surface area (Å²) in [6, 6.07) is 10.1. The van der Waals surface area contributed by atoms with Crippen LogP contribution in [-0.4, -0.2) is 53.8 Å². The highest BCUT2D eigenvalue weighted by molar-refractivity contribution is 5.73. The summed E-state index contributed by atoms with van der Waals surface area (Å²) in [5.74, 6) is 0.0120. The van der Waals surface area contributed by atoms with Crippen molar-refractivity contribution in [2.75, 3.05) is 26.2 Å². The van der Waals surface area contributed by atoms with Crippen molar-refractivity contribution in [2.45, 2.75) is 78.7 Å². The summed E-state index contributed by atoms with van der Waals surface area (Å²) in [5.41, 5.74) is 1.15. The van der Waals surface area contributed by atoms with Crippen molar-refractivity contribution in [3.05, 3.63) is 35.9 Å². The van der Waals surface area contributed by atoms with E-state index in [1.165, 1.54) is 6.92 Å². The largest absolute Gasteiger partial charge is 0.466 e. The smallest absolute Gasteiger partial charge is 0.302 e. The standard InChI is InChI=1S/C25H40N2O4/c1-22(28)26(18-12-6-7-14-20-31-24(3)30)17-11-4-5-13-19-27(23(2)29)21-25-15-9-8-10-16-25/h8-10,15-16H,4-7,11-14,17-21H2,1-3H3. The molecule has 0 aliphatic rings. The van der Waals surface area contributed by atoms with Crippen LogP contribution in [0.4, 0.5) is 0 Å². The first kappa shape index (κ1) is 26.7. The molecule has 0 unspecified atom stereocenters. The van der Waals surface area contributed by atoms with Gasteiger partial charge in [0.05, 0.1) is 6.61 Å². The molecule has 6 heteroatoms. The second-order valence-electron chi connectivity index (χ2n) is 8.10. The van der Waals surface area contributed by atoms with E-state index in [1.54, 1.807) is 13.8 Å². The van der Waals surface area contributed by atoms with E-state index in [0.717, 1.165) is 76.6 Å². The number of amides is 2.